The molecule has 3 heteroatoms. The van der Waals surface area contributed by atoms with E-state index in [9.17, 15) is 4.79 Å². The monoisotopic (exact) mass is 329 g/mol. The minimum Gasteiger partial charge on any atom is -0.461 e. The standard InChI is InChI=1S/C21H31NO2/c1-14(2)18-11-10-15(3)12-20(18)24-21(23)19-13-22(19)16(4)17-8-6-5-7-9-17/h5-9,14-16,18-20H,10-13H2,1-4H3/t15?,16-,18+,19-,20-,22?/m0/s1. The summed E-state index contributed by atoms with van der Waals surface area (Å²) in [5.74, 6) is 1.75. The zero-order valence-corrected chi connectivity index (χ0v) is 15.4. The first-order valence-corrected chi connectivity index (χ1v) is 9.48. The molecule has 0 radical (unpaired) electrons. The largest absolute Gasteiger partial charge is 0.461 e. The quantitative estimate of drug-likeness (QED) is 0.591. The molecular weight excluding hydrogens is 298 g/mol. The zero-order valence-electron chi connectivity index (χ0n) is 15.4. The highest BCUT2D eigenvalue weighted by molar-refractivity contribution is 5.79. The summed E-state index contributed by atoms with van der Waals surface area (Å²) in [6.45, 7) is 9.77. The van der Waals surface area contributed by atoms with E-state index in [1.54, 1.807) is 0 Å². The zero-order chi connectivity index (χ0) is 17.3. The fraction of sp³-hybridized carbons (Fsp3) is 0.667. The number of carbonyl (C=O) groups is 1. The molecule has 24 heavy (non-hydrogen) atoms. The molecule has 0 aromatic heterocycles. The van der Waals surface area contributed by atoms with Crippen LogP contribution in [0.1, 0.15) is 58.6 Å². The summed E-state index contributed by atoms with van der Waals surface area (Å²) in [6.07, 6.45) is 3.58. The van der Waals surface area contributed by atoms with E-state index in [1.165, 1.54) is 18.4 Å². The first kappa shape index (κ1) is 17.5. The summed E-state index contributed by atoms with van der Waals surface area (Å²) < 4.78 is 6.00. The molecule has 2 fully saturated rings. The Morgan fingerprint density at radius 2 is 1.88 bits per heavy atom. The summed E-state index contributed by atoms with van der Waals surface area (Å²) in [7, 11) is 0. The molecule has 0 bridgehead atoms. The fourth-order valence-electron chi connectivity index (χ4n) is 4.19. The van der Waals surface area contributed by atoms with Gasteiger partial charge in [-0.25, -0.2) is 0 Å². The number of carbonyl (C=O) groups excluding carboxylic acids is 1. The predicted molar refractivity (Wildman–Crippen MR) is 96.6 cm³/mol. The maximum absolute atomic E-state index is 12.6. The predicted octanol–water partition coefficient (Wildman–Crippen LogP) is 4.44. The van der Waals surface area contributed by atoms with E-state index in [-0.39, 0.29) is 24.2 Å². The highest BCUT2D eigenvalue weighted by atomic mass is 16.5. The Morgan fingerprint density at radius 1 is 1.17 bits per heavy atom. The average molecular weight is 329 g/mol. The number of rotatable bonds is 5. The third-order valence-corrected chi connectivity index (χ3v) is 5.93. The Bertz CT molecular complexity index is 556. The molecule has 1 aliphatic heterocycles. The van der Waals surface area contributed by atoms with Crippen molar-refractivity contribution in [2.75, 3.05) is 6.54 Å². The van der Waals surface area contributed by atoms with E-state index >= 15 is 0 Å². The molecule has 3 rings (SSSR count). The first-order valence-electron chi connectivity index (χ1n) is 9.48. The molecule has 0 amide bonds. The van der Waals surface area contributed by atoms with Crippen molar-refractivity contribution in [2.45, 2.75) is 65.1 Å². The number of hydrogen-bond acceptors (Lipinski definition) is 3. The molecule has 1 saturated heterocycles. The van der Waals surface area contributed by atoms with Crippen molar-refractivity contribution in [1.82, 2.24) is 4.90 Å². The number of ether oxygens (including phenoxy) is 1. The Kier molecular flexibility index (Phi) is 5.29. The normalized spacial score (nSPS) is 34.0. The second-order valence-corrected chi connectivity index (χ2v) is 8.10. The minimum absolute atomic E-state index is 0.0115. The van der Waals surface area contributed by atoms with Crippen molar-refractivity contribution >= 4 is 5.97 Å². The van der Waals surface area contributed by atoms with Crippen molar-refractivity contribution < 1.29 is 9.53 Å². The molecule has 132 valence electrons. The molecule has 1 aliphatic carbocycles. The lowest BCUT2D eigenvalue weighted by Crippen LogP contribution is -2.37. The van der Waals surface area contributed by atoms with Crippen molar-refractivity contribution in [3.05, 3.63) is 35.9 Å². The third-order valence-electron chi connectivity index (χ3n) is 5.93. The minimum atomic E-state index is -0.0507. The average Bonchev–Trinajstić information content (AvgIpc) is 3.35. The van der Waals surface area contributed by atoms with Crippen LogP contribution in [-0.2, 0) is 9.53 Å². The molecule has 6 atom stereocenters. The Hall–Kier alpha value is -1.35. The van der Waals surface area contributed by atoms with Crippen LogP contribution in [0.4, 0.5) is 0 Å². The van der Waals surface area contributed by atoms with Crippen LogP contribution in [0, 0.1) is 17.8 Å². The smallest absolute Gasteiger partial charge is 0.325 e. The molecule has 1 heterocycles. The van der Waals surface area contributed by atoms with Crippen LogP contribution in [0.5, 0.6) is 0 Å². The van der Waals surface area contributed by atoms with Crippen molar-refractivity contribution in [1.29, 1.82) is 0 Å². The summed E-state index contributed by atoms with van der Waals surface area (Å²) in [6, 6.07) is 10.6. The van der Waals surface area contributed by atoms with Crippen LogP contribution in [-0.4, -0.2) is 29.6 Å². The van der Waals surface area contributed by atoms with E-state index in [0.717, 1.165) is 13.0 Å². The van der Waals surface area contributed by atoms with Crippen molar-refractivity contribution in [3.8, 4) is 0 Å². The molecule has 1 aromatic rings. The molecule has 2 unspecified atom stereocenters. The van der Waals surface area contributed by atoms with Gasteiger partial charge in [-0.15, -0.1) is 0 Å². The van der Waals surface area contributed by atoms with Gasteiger partial charge in [0.05, 0.1) is 0 Å². The lowest BCUT2D eigenvalue weighted by Gasteiger charge is -2.36. The fourth-order valence-corrected chi connectivity index (χ4v) is 4.19. The molecule has 0 spiro atoms. The third kappa shape index (κ3) is 3.83. The van der Waals surface area contributed by atoms with Crippen molar-refractivity contribution in [3.63, 3.8) is 0 Å². The number of esters is 1. The van der Waals surface area contributed by atoms with Crippen LogP contribution >= 0.6 is 0 Å². The molecule has 2 aliphatic rings. The number of hydrogen-bond donors (Lipinski definition) is 0. The molecule has 1 saturated carbocycles. The van der Waals surface area contributed by atoms with E-state index in [4.69, 9.17) is 4.74 Å². The summed E-state index contributed by atoms with van der Waals surface area (Å²) in [4.78, 5) is 14.9. The second-order valence-electron chi connectivity index (χ2n) is 8.10. The van der Waals surface area contributed by atoms with Gasteiger partial charge in [-0.1, -0.05) is 57.5 Å². The maximum Gasteiger partial charge on any atom is 0.325 e. The van der Waals surface area contributed by atoms with E-state index in [0.29, 0.717) is 17.8 Å². The van der Waals surface area contributed by atoms with Gasteiger partial charge in [-0.2, -0.15) is 0 Å². The molecule has 1 aromatic carbocycles. The van der Waals surface area contributed by atoms with Gasteiger partial charge in [0.15, 0.2) is 0 Å². The SMILES string of the molecule is CC1CC[C@H](C(C)C)[C@@H](OC(=O)[C@@H]2CN2[C@@H](C)c2ccccc2)C1. The Labute approximate surface area is 146 Å². The van der Waals surface area contributed by atoms with E-state index in [1.807, 2.05) is 6.07 Å². The summed E-state index contributed by atoms with van der Waals surface area (Å²) >= 11 is 0. The summed E-state index contributed by atoms with van der Waals surface area (Å²) in [5, 5.41) is 0. The second kappa shape index (κ2) is 7.26. The van der Waals surface area contributed by atoms with Gasteiger partial charge in [0.1, 0.15) is 12.1 Å². The highest BCUT2D eigenvalue weighted by Gasteiger charge is 2.46. The van der Waals surface area contributed by atoms with Crippen LogP contribution in [0.2, 0.25) is 0 Å². The van der Waals surface area contributed by atoms with Gasteiger partial charge >= 0.3 is 5.97 Å². The van der Waals surface area contributed by atoms with Gasteiger partial charge in [-0.05, 0) is 43.1 Å². The van der Waals surface area contributed by atoms with Crippen LogP contribution < -0.4 is 0 Å². The Balaban J connectivity index is 1.57. The van der Waals surface area contributed by atoms with Crippen LogP contribution in [0.15, 0.2) is 30.3 Å². The van der Waals surface area contributed by atoms with Gasteiger partial charge in [0.25, 0.3) is 0 Å². The van der Waals surface area contributed by atoms with E-state index in [2.05, 4.69) is 56.9 Å². The van der Waals surface area contributed by atoms with Crippen LogP contribution in [0.3, 0.4) is 0 Å². The van der Waals surface area contributed by atoms with Crippen molar-refractivity contribution in [2.24, 2.45) is 17.8 Å². The van der Waals surface area contributed by atoms with Gasteiger partial charge in [-0.3, -0.25) is 9.69 Å². The lowest BCUT2D eigenvalue weighted by atomic mass is 9.75. The maximum atomic E-state index is 12.6. The van der Waals surface area contributed by atoms with Gasteiger partial charge in [0, 0.05) is 12.6 Å². The first-order chi connectivity index (χ1) is 11.5. The van der Waals surface area contributed by atoms with Crippen LogP contribution in [0.25, 0.3) is 0 Å². The lowest BCUT2D eigenvalue weighted by molar-refractivity contribution is -0.156. The number of benzene rings is 1. The molecule has 0 N–H and O–H groups in total. The molecule has 3 nitrogen and oxygen atoms in total. The number of nitrogens with zero attached hydrogens (tertiary/aromatic N) is 1. The van der Waals surface area contributed by atoms with Gasteiger partial charge in [0.2, 0.25) is 0 Å². The highest BCUT2D eigenvalue weighted by Crippen LogP contribution is 2.37. The topological polar surface area (TPSA) is 29.3 Å². The van der Waals surface area contributed by atoms with E-state index < -0.39 is 0 Å². The van der Waals surface area contributed by atoms with Gasteiger partial charge < -0.3 is 4.74 Å². The molecular formula is C21H31NO2. The Morgan fingerprint density at radius 3 is 2.54 bits per heavy atom. The summed E-state index contributed by atoms with van der Waals surface area (Å²) in [5.41, 5.74) is 1.26.